The standard InChI is InChI=1S/C25H22N4O2/c1-18-7-5-6-10-22(18)23-14-24(29(28-23)17-19-8-3-2-4-9-19)27-25(31)12-11-20-13-21(30)16-26-15-20/h2-16,30H,17H2,1H3,(H,27,31)/b12-11+. The summed E-state index contributed by atoms with van der Waals surface area (Å²) in [6.45, 7) is 2.57. The first-order valence-electron chi connectivity index (χ1n) is 9.89. The number of anilines is 1. The van der Waals surface area contributed by atoms with Crippen LogP contribution in [0.3, 0.4) is 0 Å². The summed E-state index contributed by atoms with van der Waals surface area (Å²) in [5.41, 5.74) is 4.64. The summed E-state index contributed by atoms with van der Waals surface area (Å²) in [6, 6.07) is 21.4. The van der Waals surface area contributed by atoms with Gasteiger partial charge in [0.05, 0.1) is 18.4 Å². The molecule has 31 heavy (non-hydrogen) atoms. The topological polar surface area (TPSA) is 80.0 Å². The Balaban J connectivity index is 1.61. The third-order valence-corrected chi connectivity index (χ3v) is 4.80. The zero-order valence-corrected chi connectivity index (χ0v) is 17.1. The fourth-order valence-corrected chi connectivity index (χ4v) is 3.26. The molecule has 0 saturated carbocycles. The van der Waals surface area contributed by atoms with Gasteiger partial charge in [0.25, 0.3) is 0 Å². The number of rotatable bonds is 6. The number of carbonyl (C=O) groups excluding carboxylic acids is 1. The average Bonchev–Trinajstić information content (AvgIpc) is 3.15. The monoisotopic (exact) mass is 410 g/mol. The molecule has 4 aromatic rings. The van der Waals surface area contributed by atoms with E-state index in [1.165, 1.54) is 18.3 Å². The van der Waals surface area contributed by atoms with E-state index in [2.05, 4.69) is 10.3 Å². The summed E-state index contributed by atoms with van der Waals surface area (Å²) >= 11 is 0. The number of hydrogen-bond acceptors (Lipinski definition) is 4. The van der Waals surface area contributed by atoms with E-state index in [0.717, 1.165) is 22.4 Å². The van der Waals surface area contributed by atoms with Crippen LogP contribution in [0.15, 0.2) is 85.2 Å². The highest BCUT2D eigenvalue weighted by Gasteiger charge is 2.13. The number of aromatic hydroxyl groups is 1. The highest BCUT2D eigenvalue weighted by molar-refractivity contribution is 6.01. The Morgan fingerprint density at radius 3 is 2.61 bits per heavy atom. The Kier molecular flexibility index (Phi) is 5.89. The van der Waals surface area contributed by atoms with Crippen LogP contribution in [0, 0.1) is 6.92 Å². The lowest BCUT2D eigenvalue weighted by Gasteiger charge is -2.08. The predicted molar refractivity (Wildman–Crippen MR) is 122 cm³/mol. The molecule has 1 amide bonds. The van der Waals surface area contributed by atoms with Crippen molar-refractivity contribution in [1.29, 1.82) is 0 Å². The average molecular weight is 410 g/mol. The quantitative estimate of drug-likeness (QED) is 0.453. The van der Waals surface area contributed by atoms with Gasteiger partial charge in [0.15, 0.2) is 0 Å². The fraction of sp³-hybridized carbons (Fsp3) is 0.0800. The smallest absolute Gasteiger partial charge is 0.249 e. The highest BCUT2D eigenvalue weighted by atomic mass is 16.3. The second kappa shape index (κ2) is 9.09. The molecule has 0 fully saturated rings. The van der Waals surface area contributed by atoms with Crippen molar-refractivity contribution in [3.05, 3.63) is 102 Å². The molecule has 2 heterocycles. The third-order valence-electron chi connectivity index (χ3n) is 4.80. The Bertz CT molecular complexity index is 1230. The van der Waals surface area contributed by atoms with Crippen LogP contribution in [0.4, 0.5) is 5.82 Å². The van der Waals surface area contributed by atoms with E-state index >= 15 is 0 Å². The highest BCUT2D eigenvalue weighted by Crippen LogP contribution is 2.25. The van der Waals surface area contributed by atoms with E-state index in [9.17, 15) is 9.90 Å². The van der Waals surface area contributed by atoms with Gasteiger partial charge in [0, 0.05) is 23.9 Å². The van der Waals surface area contributed by atoms with Crippen molar-refractivity contribution < 1.29 is 9.90 Å². The van der Waals surface area contributed by atoms with Crippen molar-refractivity contribution in [3.8, 4) is 17.0 Å². The van der Waals surface area contributed by atoms with Gasteiger partial charge in [-0.05, 0) is 35.8 Å². The van der Waals surface area contributed by atoms with Crippen LogP contribution in [0.2, 0.25) is 0 Å². The van der Waals surface area contributed by atoms with Gasteiger partial charge in [-0.3, -0.25) is 9.78 Å². The molecule has 0 bridgehead atoms. The van der Waals surface area contributed by atoms with Crippen LogP contribution in [-0.2, 0) is 11.3 Å². The Labute approximate surface area is 180 Å². The van der Waals surface area contributed by atoms with Gasteiger partial charge in [-0.15, -0.1) is 0 Å². The maximum atomic E-state index is 12.6. The Morgan fingerprint density at radius 2 is 1.84 bits per heavy atom. The largest absolute Gasteiger partial charge is 0.506 e. The number of hydrogen-bond donors (Lipinski definition) is 2. The number of amides is 1. The number of nitrogens with zero attached hydrogens (tertiary/aromatic N) is 3. The molecule has 0 unspecified atom stereocenters. The van der Waals surface area contributed by atoms with Crippen LogP contribution >= 0.6 is 0 Å². The molecule has 0 atom stereocenters. The van der Waals surface area contributed by atoms with Crippen LogP contribution in [0.5, 0.6) is 5.75 Å². The van der Waals surface area contributed by atoms with Crippen molar-refractivity contribution >= 4 is 17.8 Å². The van der Waals surface area contributed by atoms with Gasteiger partial charge in [0.2, 0.25) is 5.91 Å². The van der Waals surface area contributed by atoms with Crippen molar-refractivity contribution in [3.63, 3.8) is 0 Å². The summed E-state index contributed by atoms with van der Waals surface area (Å²) in [6.07, 6.45) is 5.91. The van der Waals surface area contributed by atoms with Gasteiger partial charge in [-0.1, -0.05) is 54.6 Å². The molecule has 0 aliphatic rings. The zero-order chi connectivity index (χ0) is 21.6. The zero-order valence-electron chi connectivity index (χ0n) is 17.1. The molecule has 2 aromatic carbocycles. The Hall–Kier alpha value is -4.19. The molecule has 6 nitrogen and oxygen atoms in total. The van der Waals surface area contributed by atoms with Gasteiger partial charge >= 0.3 is 0 Å². The summed E-state index contributed by atoms with van der Waals surface area (Å²) in [5, 5.41) is 17.2. The molecule has 2 aromatic heterocycles. The molecule has 0 radical (unpaired) electrons. The SMILES string of the molecule is Cc1ccccc1-c1cc(NC(=O)/C=C/c2cncc(O)c2)n(Cc2ccccc2)n1. The van der Waals surface area contributed by atoms with Crippen LogP contribution < -0.4 is 5.32 Å². The minimum absolute atomic E-state index is 0.0476. The minimum Gasteiger partial charge on any atom is -0.506 e. The van der Waals surface area contributed by atoms with Crippen LogP contribution in [-0.4, -0.2) is 25.8 Å². The maximum Gasteiger partial charge on any atom is 0.249 e. The van der Waals surface area contributed by atoms with Gasteiger partial charge in [-0.25, -0.2) is 4.68 Å². The van der Waals surface area contributed by atoms with E-state index in [1.807, 2.05) is 67.6 Å². The lowest BCUT2D eigenvalue weighted by molar-refractivity contribution is -0.111. The van der Waals surface area contributed by atoms with E-state index in [1.54, 1.807) is 17.0 Å². The molecule has 0 aliphatic carbocycles. The normalized spacial score (nSPS) is 11.0. The predicted octanol–water partition coefficient (Wildman–Crippen LogP) is 4.66. The first-order valence-corrected chi connectivity index (χ1v) is 9.89. The molecule has 6 heteroatoms. The van der Waals surface area contributed by atoms with E-state index in [4.69, 9.17) is 5.10 Å². The van der Waals surface area contributed by atoms with E-state index in [-0.39, 0.29) is 11.7 Å². The van der Waals surface area contributed by atoms with E-state index in [0.29, 0.717) is 17.9 Å². The number of benzene rings is 2. The van der Waals surface area contributed by atoms with Crippen LogP contribution in [0.1, 0.15) is 16.7 Å². The molecule has 4 rings (SSSR count). The number of aromatic nitrogens is 3. The van der Waals surface area contributed by atoms with Gasteiger partial charge in [0.1, 0.15) is 11.6 Å². The van der Waals surface area contributed by atoms with Gasteiger partial charge < -0.3 is 10.4 Å². The molecule has 154 valence electrons. The van der Waals surface area contributed by atoms with Crippen molar-refractivity contribution in [2.75, 3.05) is 5.32 Å². The summed E-state index contributed by atoms with van der Waals surface area (Å²) in [7, 11) is 0. The lowest BCUT2D eigenvalue weighted by Crippen LogP contribution is -2.13. The molecule has 0 spiro atoms. The summed E-state index contributed by atoms with van der Waals surface area (Å²) in [4.78, 5) is 16.5. The molecule has 2 N–H and O–H groups in total. The summed E-state index contributed by atoms with van der Waals surface area (Å²) < 4.78 is 1.79. The summed E-state index contributed by atoms with van der Waals surface area (Å²) in [5.74, 6) is 0.353. The van der Waals surface area contributed by atoms with Crippen molar-refractivity contribution in [2.45, 2.75) is 13.5 Å². The second-order valence-electron chi connectivity index (χ2n) is 7.17. The Morgan fingerprint density at radius 1 is 1.06 bits per heavy atom. The molecular weight excluding hydrogens is 388 g/mol. The second-order valence-corrected chi connectivity index (χ2v) is 7.17. The number of carbonyl (C=O) groups is 1. The fourth-order valence-electron chi connectivity index (χ4n) is 3.26. The lowest BCUT2D eigenvalue weighted by atomic mass is 10.1. The minimum atomic E-state index is -0.297. The number of nitrogens with one attached hydrogen (secondary N) is 1. The number of aryl methyl sites for hydroxylation is 1. The number of pyridine rings is 1. The maximum absolute atomic E-state index is 12.6. The van der Waals surface area contributed by atoms with Crippen LogP contribution in [0.25, 0.3) is 17.3 Å². The third kappa shape index (κ3) is 5.05. The van der Waals surface area contributed by atoms with Crippen molar-refractivity contribution in [2.24, 2.45) is 0 Å². The van der Waals surface area contributed by atoms with E-state index < -0.39 is 0 Å². The molecule has 0 saturated heterocycles. The molecule has 0 aliphatic heterocycles. The molecular formula is C25H22N4O2. The van der Waals surface area contributed by atoms with Gasteiger partial charge in [-0.2, -0.15) is 5.10 Å². The van der Waals surface area contributed by atoms with Crippen molar-refractivity contribution in [1.82, 2.24) is 14.8 Å². The first-order chi connectivity index (χ1) is 15.1. The first kappa shape index (κ1) is 20.1.